The van der Waals surface area contributed by atoms with Gasteiger partial charge in [-0.05, 0) is 42.7 Å². The van der Waals surface area contributed by atoms with Crippen molar-refractivity contribution >= 4 is 63.3 Å². The van der Waals surface area contributed by atoms with Gasteiger partial charge in [0.2, 0.25) is 0 Å². The normalized spacial score (nSPS) is 15.0. The lowest BCUT2D eigenvalue weighted by Gasteiger charge is -2.15. The van der Waals surface area contributed by atoms with Gasteiger partial charge in [-0.25, -0.2) is 4.98 Å². The Morgan fingerprint density at radius 1 is 1.18 bits per heavy atom. The molecule has 1 fully saturated rings. The number of unbranched alkanes of at least 4 members (excludes halogenated alkanes) is 2. The predicted molar refractivity (Wildman–Crippen MR) is 144 cm³/mol. The maximum absolute atomic E-state index is 13.4. The Morgan fingerprint density at radius 2 is 1.97 bits per heavy atom. The number of halogens is 1. The smallest absolute Gasteiger partial charge is 0.267 e. The molecule has 1 saturated heterocycles. The Bertz CT molecular complexity index is 1350. The van der Waals surface area contributed by atoms with E-state index in [-0.39, 0.29) is 18.0 Å². The minimum Gasteiger partial charge on any atom is -0.369 e. The second-order valence-corrected chi connectivity index (χ2v) is 10.1. The molecule has 34 heavy (non-hydrogen) atoms. The molecule has 0 radical (unpaired) electrons. The van der Waals surface area contributed by atoms with Crippen molar-refractivity contribution < 1.29 is 4.79 Å². The Kier molecular flexibility index (Phi) is 7.70. The second-order valence-electron chi connectivity index (χ2n) is 8.06. The number of thioether (sulfide) groups is 1. The Labute approximate surface area is 213 Å². The number of fused-ring (bicyclic) bond motifs is 1. The van der Waals surface area contributed by atoms with Crippen molar-refractivity contribution in [1.82, 2.24) is 14.3 Å². The summed E-state index contributed by atoms with van der Waals surface area (Å²) in [6, 6.07) is 11.1. The number of pyridine rings is 1. The Morgan fingerprint density at radius 3 is 2.74 bits per heavy atom. The van der Waals surface area contributed by atoms with Crippen LogP contribution in [0.3, 0.4) is 0 Å². The molecule has 4 rings (SSSR count). The van der Waals surface area contributed by atoms with E-state index in [4.69, 9.17) is 28.8 Å². The number of carbonyl (C=O) groups excluding carboxylic acids is 1. The molecule has 0 atom stereocenters. The maximum atomic E-state index is 13.4. The lowest BCUT2D eigenvalue weighted by atomic mass is 10.2. The van der Waals surface area contributed by atoms with E-state index in [2.05, 4.69) is 12.2 Å². The highest BCUT2D eigenvalue weighted by Gasteiger charge is 2.33. The van der Waals surface area contributed by atoms with Crippen LogP contribution in [0.15, 0.2) is 52.3 Å². The van der Waals surface area contributed by atoms with Crippen molar-refractivity contribution in [1.29, 1.82) is 0 Å². The summed E-state index contributed by atoms with van der Waals surface area (Å²) in [5, 5.41) is 3.89. The van der Waals surface area contributed by atoms with E-state index in [1.807, 2.05) is 37.3 Å². The van der Waals surface area contributed by atoms with Crippen molar-refractivity contribution in [3.8, 4) is 0 Å². The summed E-state index contributed by atoms with van der Waals surface area (Å²) in [5.41, 5.74) is 2.41. The molecule has 0 aliphatic carbocycles. The van der Waals surface area contributed by atoms with E-state index in [1.165, 1.54) is 21.1 Å². The van der Waals surface area contributed by atoms with Crippen LogP contribution in [-0.2, 0) is 11.3 Å². The standard InChI is InChI=1S/C25H25ClN4O2S2/c1-3-4-7-12-27-21-18(23(31)29-13-8-9-16(2)22(29)28-21)14-20-24(32)30(25(33)34-20)15-17-10-5-6-11-19(17)26/h5-6,8-11,13-14,27H,3-4,7,12,15H2,1-2H3/b20-14+. The summed E-state index contributed by atoms with van der Waals surface area (Å²) in [6.07, 6.45) is 6.44. The van der Waals surface area contributed by atoms with Crippen molar-refractivity contribution in [2.24, 2.45) is 0 Å². The molecule has 176 valence electrons. The number of anilines is 1. The number of carbonyl (C=O) groups is 1. The van der Waals surface area contributed by atoms with Gasteiger partial charge < -0.3 is 5.32 Å². The topological polar surface area (TPSA) is 66.7 Å². The highest BCUT2D eigenvalue weighted by atomic mass is 35.5. The van der Waals surface area contributed by atoms with Gasteiger partial charge in [0.25, 0.3) is 11.5 Å². The van der Waals surface area contributed by atoms with E-state index in [1.54, 1.807) is 18.3 Å². The molecule has 9 heteroatoms. The lowest BCUT2D eigenvalue weighted by Crippen LogP contribution is -2.27. The second kappa shape index (κ2) is 10.7. The van der Waals surface area contributed by atoms with Crippen molar-refractivity contribution in [3.63, 3.8) is 0 Å². The molecule has 1 aromatic carbocycles. The third-order valence-electron chi connectivity index (χ3n) is 5.59. The quantitative estimate of drug-likeness (QED) is 0.238. The van der Waals surface area contributed by atoms with E-state index < -0.39 is 0 Å². The molecule has 1 N–H and O–H groups in total. The maximum Gasteiger partial charge on any atom is 0.267 e. The summed E-state index contributed by atoms with van der Waals surface area (Å²) in [6.45, 7) is 5.02. The van der Waals surface area contributed by atoms with E-state index in [0.29, 0.717) is 37.8 Å². The zero-order valence-corrected chi connectivity index (χ0v) is 21.4. The van der Waals surface area contributed by atoms with Crippen LogP contribution in [-0.4, -0.2) is 31.1 Å². The Hall–Kier alpha value is -2.68. The van der Waals surface area contributed by atoms with Crippen LogP contribution >= 0.6 is 35.6 Å². The molecule has 6 nitrogen and oxygen atoms in total. The third kappa shape index (κ3) is 5.04. The van der Waals surface area contributed by atoms with Crippen molar-refractivity contribution in [2.75, 3.05) is 11.9 Å². The summed E-state index contributed by atoms with van der Waals surface area (Å²) < 4.78 is 1.95. The van der Waals surface area contributed by atoms with Crippen molar-refractivity contribution in [2.45, 2.75) is 39.7 Å². The molecule has 1 amide bonds. The van der Waals surface area contributed by atoms with E-state index in [9.17, 15) is 9.59 Å². The van der Waals surface area contributed by atoms with E-state index >= 15 is 0 Å². The number of aryl methyl sites for hydroxylation is 1. The van der Waals surface area contributed by atoms with Gasteiger partial charge in [-0.1, -0.05) is 79.6 Å². The predicted octanol–water partition coefficient (Wildman–Crippen LogP) is 5.66. The number of hydrogen-bond acceptors (Lipinski definition) is 6. The fraction of sp³-hybridized carbons (Fsp3) is 0.280. The first-order valence-corrected chi connectivity index (χ1v) is 12.8. The van der Waals surface area contributed by atoms with Gasteiger partial charge in [0.05, 0.1) is 17.0 Å². The zero-order valence-electron chi connectivity index (χ0n) is 19.0. The average Bonchev–Trinajstić information content (AvgIpc) is 3.08. The van der Waals surface area contributed by atoms with Crippen molar-refractivity contribution in [3.05, 3.63) is 79.6 Å². The van der Waals surface area contributed by atoms with Crippen LogP contribution in [0.25, 0.3) is 11.7 Å². The number of benzene rings is 1. The molecule has 3 aromatic rings. The minimum atomic E-state index is -0.249. The number of thiocarbonyl (C=S) groups is 1. The molecular weight excluding hydrogens is 488 g/mol. The third-order valence-corrected chi connectivity index (χ3v) is 7.34. The fourth-order valence-corrected chi connectivity index (χ4v) is 5.16. The SMILES string of the molecule is CCCCCNc1nc2c(C)cccn2c(=O)c1/C=C1/SC(=S)N(Cc2ccccc2Cl)C1=O. The number of nitrogens with zero attached hydrogens (tertiary/aromatic N) is 3. The molecule has 0 unspecified atom stereocenters. The molecule has 1 aliphatic heterocycles. The van der Waals surface area contributed by atoms with Gasteiger partial charge in [-0.3, -0.25) is 18.9 Å². The van der Waals surface area contributed by atoms with Crippen LogP contribution in [0.2, 0.25) is 5.02 Å². The van der Waals surface area contributed by atoms with Crippen LogP contribution in [0.1, 0.15) is 42.9 Å². The van der Waals surface area contributed by atoms with E-state index in [0.717, 1.165) is 30.4 Å². The van der Waals surface area contributed by atoms with Gasteiger partial charge in [0.1, 0.15) is 15.8 Å². The molecule has 3 heterocycles. The van der Waals surface area contributed by atoms with Gasteiger partial charge in [0.15, 0.2) is 0 Å². The Balaban J connectivity index is 1.72. The molecule has 1 aliphatic rings. The first kappa shape index (κ1) is 24.4. The minimum absolute atomic E-state index is 0.233. The fourth-order valence-electron chi connectivity index (χ4n) is 3.72. The van der Waals surface area contributed by atoms with Crippen LogP contribution < -0.4 is 10.9 Å². The number of hydrogen-bond donors (Lipinski definition) is 1. The summed E-state index contributed by atoms with van der Waals surface area (Å²) in [4.78, 5) is 33.3. The molecular formula is C25H25ClN4O2S2. The molecule has 0 bridgehead atoms. The number of aromatic nitrogens is 2. The molecule has 0 spiro atoms. The number of amides is 1. The average molecular weight is 513 g/mol. The molecule has 0 saturated carbocycles. The van der Waals surface area contributed by atoms with Gasteiger partial charge in [0, 0.05) is 17.8 Å². The first-order chi connectivity index (χ1) is 16.4. The summed E-state index contributed by atoms with van der Waals surface area (Å²) in [7, 11) is 0. The van der Waals surface area contributed by atoms with Crippen LogP contribution in [0.4, 0.5) is 5.82 Å². The number of rotatable bonds is 8. The number of nitrogens with one attached hydrogen (secondary N) is 1. The van der Waals surface area contributed by atoms with Gasteiger partial charge >= 0.3 is 0 Å². The first-order valence-electron chi connectivity index (χ1n) is 11.1. The van der Waals surface area contributed by atoms with Gasteiger partial charge in [-0.15, -0.1) is 0 Å². The lowest BCUT2D eigenvalue weighted by molar-refractivity contribution is -0.122. The molecule has 2 aromatic heterocycles. The largest absolute Gasteiger partial charge is 0.369 e. The highest BCUT2D eigenvalue weighted by Crippen LogP contribution is 2.35. The van der Waals surface area contributed by atoms with Crippen LogP contribution in [0, 0.1) is 6.92 Å². The zero-order chi connectivity index (χ0) is 24.2. The summed E-state index contributed by atoms with van der Waals surface area (Å²) >= 11 is 12.9. The monoisotopic (exact) mass is 512 g/mol. The van der Waals surface area contributed by atoms with Crippen LogP contribution in [0.5, 0.6) is 0 Å². The highest BCUT2D eigenvalue weighted by molar-refractivity contribution is 8.26. The van der Waals surface area contributed by atoms with Gasteiger partial charge in [-0.2, -0.15) is 0 Å². The summed E-state index contributed by atoms with van der Waals surface area (Å²) in [5.74, 6) is 0.229.